The van der Waals surface area contributed by atoms with Gasteiger partial charge in [-0.1, -0.05) is 11.6 Å². The first kappa shape index (κ1) is 19.6. The number of fused-ring (bicyclic) bond motifs is 1. The molecule has 3 aromatic rings. The van der Waals surface area contributed by atoms with E-state index in [1.54, 1.807) is 6.20 Å². The first-order valence-corrected chi connectivity index (χ1v) is 9.53. The van der Waals surface area contributed by atoms with Gasteiger partial charge in [0.25, 0.3) is 0 Å². The van der Waals surface area contributed by atoms with Crippen LogP contribution in [0.4, 0.5) is 24.8 Å². The average Bonchev–Trinajstić information content (AvgIpc) is 3.01. The number of aryl methyl sites for hydroxylation is 1. The predicted octanol–water partition coefficient (Wildman–Crippen LogP) is 4.98. The van der Waals surface area contributed by atoms with Gasteiger partial charge in [0.2, 0.25) is 0 Å². The van der Waals surface area contributed by atoms with Crippen LogP contribution in [0.5, 0.6) is 0 Å². The van der Waals surface area contributed by atoms with Crippen LogP contribution in [-0.4, -0.2) is 27.6 Å². The lowest BCUT2D eigenvalue weighted by molar-refractivity contribution is -0.137. The lowest BCUT2D eigenvalue weighted by Gasteiger charge is -2.24. The van der Waals surface area contributed by atoms with Crippen molar-refractivity contribution in [3.63, 3.8) is 0 Å². The molecule has 0 bridgehead atoms. The molecule has 3 heterocycles. The van der Waals surface area contributed by atoms with E-state index in [-0.39, 0.29) is 6.54 Å². The SMILES string of the molecule is Cn1ccc(-c2cnc3c(n2)N(Cc2cc(C(F)(F)F)ccc2Cl)CCCN3)c1. The number of benzene rings is 1. The van der Waals surface area contributed by atoms with E-state index in [4.69, 9.17) is 16.6 Å². The number of alkyl halides is 3. The van der Waals surface area contributed by atoms with E-state index in [0.717, 1.165) is 24.1 Å². The first-order chi connectivity index (χ1) is 13.8. The third kappa shape index (κ3) is 4.17. The summed E-state index contributed by atoms with van der Waals surface area (Å²) in [6.45, 7) is 1.54. The molecule has 4 rings (SSSR count). The molecular formula is C20H19ClF3N5. The van der Waals surface area contributed by atoms with Crippen molar-refractivity contribution in [1.29, 1.82) is 0 Å². The molecule has 0 saturated heterocycles. The highest BCUT2D eigenvalue weighted by Crippen LogP contribution is 2.34. The van der Waals surface area contributed by atoms with Crippen molar-refractivity contribution < 1.29 is 13.2 Å². The molecule has 29 heavy (non-hydrogen) atoms. The van der Waals surface area contributed by atoms with Crippen LogP contribution in [0.15, 0.2) is 42.9 Å². The molecule has 0 amide bonds. The molecule has 0 radical (unpaired) electrons. The Labute approximate surface area is 171 Å². The normalized spacial score (nSPS) is 14.3. The van der Waals surface area contributed by atoms with Crippen LogP contribution >= 0.6 is 11.6 Å². The van der Waals surface area contributed by atoms with Gasteiger partial charge >= 0.3 is 6.18 Å². The fraction of sp³-hybridized carbons (Fsp3) is 0.300. The van der Waals surface area contributed by atoms with Crippen molar-refractivity contribution >= 4 is 23.2 Å². The van der Waals surface area contributed by atoms with Gasteiger partial charge in [0.1, 0.15) is 0 Å². The van der Waals surface area contributed by atoms with Crippen molar-refractivity contribution in [2.75, 3.05) is 23.3 Å². The van der Waals surface area contributed by atoms with E-state index in [0.29, 0.717) is 41.0 Å². The molecule has 0 saturated carbocycles. The minimum Gasteiger partial charge on any atom is -0.367 e. The zero-order valence-corrected chi connectivity index (χ0v) is 16.4. The highest BCUT2D eigenvalue weighted by atomic mass is 35.5. The van der Waals surface area contributed by atoms with Crippen LogP contribution in [-0.2, 0) is 19.8 Å². The number of hydrogen-bond donors (Lipinski definition) is 1. The maximum absolute atomic E-state index is 13.1. The summed E-state index contributed by atoms with van der Waals surface area (Å²) in [4.78, 5) is 11.2. The van der Waals surface area contributed by atoms with E-state index in [9.17, 15) is 13.2 Å². The van der Waals surface area contributed by atoms with Gasteiger partial charge in [-0.15, -0.1) is 0 Å². The van der Waals surface area contributed by atoms with Gasteiger partial charge in [0.05, 0.1) is 17.5 Å². The second-order valence-corrected chi connectivity index (χ2v) is 7.41. The standard InChI is InChI=1S/C20H19ClF3N5/c1-28-8-5-13(11-28)17-10-26-18-19(27-17)29(7-2-6-25-18)12-14-9-15(20(22,23)24)3-4-16(14)21/h3-5,8-11H,2,6-7,12H2,1H3,(H,25,26). The Balaban J connectivity index is 1.71. The molecule has 1 aromatic carbocycles. The van der Waals surface area contributed by atoms with Gasteiger partial charge in [-0.3, -0.25) is 0 Å². The fourth-order valence-corrected chi connectivity index (χ4v) is 3.51. The van der Waals surface area contributed by atoms with Gasteiger partial charge < -0.3 is 14.8 Å². The second kappa shape index (κ2) is 7.59. The molecule has 0 aliphatic carbocycles. The van der Waals surface area contributed by atoms with Crippen LogP contribution in [0.1, 0.15) is 17.5 Å². The number of rotatable bonds is 3. The van der Waals surface area contributed by atoms with Crippen LogP contribution in [0, 0.1) is 0 Å². The zero-order chi connectivity index (χ0) is 20.6. The number of halogens is 4. The molecule has 152 valence electrons. The van der Waals surface area contributed by atoms with E-state index >= 15 is 0 Å². The van der Waals surface area contributed by atoms with Crippen LogP contribution in [0.2, 0.25) is 5.02 Å². The number of nitrogens with one attached hydrogen (secondary N) is 1. The second-order valence-electron chi connectivity index (χ2n) is 7.00. The summed E-state index contributed by atoms with van der Waals surface area (Å²) in [5.41, 5.74) is 1.31. The van der Waals surface area contributed by atoms with Crippen molar-refractivity contribution in [2.45, 2.75) is 19.1 Å². The summed E-state index contributed by atoms with van der Waals surface area (Å²) >= 11 is 6.21. The van der Waals surface area contributed by atoms with Gasteiger partial charge in [0, 0.05) is 49.7 Å². The molecule has 2 aromatic heterocycles. The third-order valence-electron chi connectivity index (χ3n) is 4.81. The van der Waals surface area contributed by atoms with Crippen molar-refractivity contribution in [3.8, 4) is 11.3 Å². The average molecular weight is 422 g/mol. The summed E-state index contributed by atoms with van der Waals surface area (Å²) in [7, 11) is 1.92. The Morgan fingerprint density at radius 3 is 2.79 bits per heavy atom. The number of hydrogen-bond acceptors (Lipinski definition) is 4. The quantitative estimate of drug-likeness (QED) is 0.648. The summed E-state index contributed by atoms with van der Waals surface area (Å²) in [5.74, 6) is 1.22. The maximum Gasteiger partial charge on any atom is 0.416 e. The van der Waals surface area contributed by atoms with Gasteiger partial charge in [-0.25, -0.2) is 9.97 Å². The Morgan fingerprint density at radius 2 is 2.07 bits per heavy atom. The highest BCUT2D eigenvalue weighted by Gasteiger charge is 2.31. The van der Waals surface area contributed by atoms with E-state index < -0.39 is 11.7 Å². The van der Waals surface area contributed by atoms with Gasteiger partial charge in [-0.2, -0.15) is 13.2 Å². The van der Waals surface area contributed by atoms with Crippen LogP contribution < -0.4 is 10.2 Å². The molecule has 0 unspecified atom stereocenters. The predicted molar refractivity (Wildman–Crippen MR) is 107 cm³/mol. The molecule has 1 aliphatic rings. The van der Waals surface area contributed by atoms with Crippen molar-refractivity contribution in [3.05, 3.63) is 59.0 Å². The molecule has 1 aliphatic heterocycles. The number of anilines is 2. The topological polar surface area (TPSA) is 46.0 Å². The van der Waals surface area contributed by atoms with Crippen LogP contribution in [0.3, 0.4) is 0 Å². The molecule has 1 N–H and O–H groups in total. The Bertz CT molecular complexity index is 1030. The van der Waals surface area contributed by atoms with E-state index in [2.05, 4.69) is 10.3 Å². The largest absolute Gasteiger partial charge is 0.416 e. The monoisotopic (exact) mass is 421 g/mol. The Morgan fingerprint density at radius 1 is 1.24 bits per heavy atom. The molecule has 0 atom stereocenters. The smallest absolute Gasteiger partial charge is 0.367 e. The summed E-state index contributed by atoms with van der Waals surface area (Å²) in [6.07, 6.45) is 1.94. The minimum absolute atomic E-state index is 0.213. The van der Waals surface area contributed by atoms with Crippen LogP contribution in [0.25, 0.3) is 11.3 Å². The van der Waals surface area contributed by atoms with E-state index in [1.165, 1.54) is 6.07 Å². The van der Waals surface area contributed by atoms with Crippen molar-refractivity contribution in [1.82, 2.24) is 14.5 Å². The maximum atomic E-state index is 13.1. The lowest BCUT2D eigenvalue weighted by Crippen LogP contribution is -2.25. The van der Waals surface area contributed by atoms with E-state index in [1.807, 2.05) is 35.0 Å². The van der Waals surface area contributed by atoms with Crippen molar-refractivity contribution in [2.24, 2.45) is 7.05 Å². The molecule has 0 fully saturated rings. The fourth-order valence-electron chi connectivity index (χ4n) is 3.33. The lowest BCUT2D eigenvalue weighted by atomic mass is 10.1. The number of aromatic nitrogens is 3. The third-order valence-corrected chi connectivity index (χ3v) is 5.18. The Hall–Kier alpha value is -2.74. The summed E-state index contributed by atoms with van der Waals surface area (Å²) in [5, 5.41) is 3.54. The summed E-state index contributed by atoms with van der Waals surface area (Å²) in [6, 6.07) is 5.34. The first-order valence-electron chi connectivity index (χ1n) is 9.15. The highest BCUT2D eigenvalue weighted by molar-refractivity contribution is 6.31. The van der Waals surface area contributed by atoms with Gasteiger partial charge in [-0.05, 0) is 36.2 Å². The molecular weight excluding hydrogens is 403 g/mol. The zero-order valence-electron chi connectivity index (χ0n) is 15.7. The molecule has 5 nitrogen and oxygen atoms in total. The minimum atomic E-state index is -4.42. The summed E-state index contributed by atoms with van der Waals surface area (Å²) < 4.78 is 41.3. The number of nitrogens with zero attached hydrogens (tertiary/aromatic N) is 4. The molecule has 9 heteroatoms. The molecule has 0 spiro atoms. The Kier molecular flexibility index (Phi) is 5.12. The van der Waals surface area contributed by atoms with Gasteiger partial charge in [0.15, 0.2) is 11.6 Å².